The number of β-amino-alcohol motifs (C(OH)–C–C–N with tert-alkyl or cyclic N) is 1. The number of likely N-dealkylation sites (N-methyl/N-ethyl adjacent to an activating group) is 1. The van der Waals surface area contributed by atoms with E-state index in [2.05, 4.69) is 38.3 Å². The van der Waals surface area contributed by atoms with Gasteiger partial charge < -0.3 is 25.2 Å². The number of aliphatic carboxylic acids is 1. The number of carboxylic acid groups (broad SMARTS) is 1. The van der Waals surface area contributed by atoms with Gasteiger partial charge in [-0.05, 0) is 61.3 Å². The summed E-state index contributed by atoms with van der Waals surface area (Å²) in [5, 5.41) is 27.7. The summed E-state index contributed by atoms with van der Waals surface area (Å²) in [6.07, 6.45) is -0.275. The molecule has 2 aromatic carbocycles. The van der Waals surface area contributed by atoms with Crippen LogP contribution in [0, 0.1) is 5.82 Å². The number of piperazine rings is 1. The summed E-state index contributed by atoms with van der Waals surface area (Å²) in [5.74, 6) is -1.83. The Morgan fingerprint density at radius 3 is 2.57 bits per heavy atom. The molecule has 1 aliphatic heterocycles. The molecule has 2 aliphatic rings. The average Bonchev–Trinajstić information content (AvgIpc) is 3.67. The zero-order valence-electron chi connectivity index (χ0n) is 27.3. The Hall–Kier alpha value is -4.35. The zero-order chi connectivity index (χ0) is 36.3. The van der Waals surface area contributed by atoms with Crippen LogP contribution in [-0.2, 0) is 30.8 Å². The van der Waals surface area contributed by atoms with Crippen molar-refractivity contribution in [3.8, 4) is 16.2 Å². The van der Waals surface area contributed by atoms with Crippen molar-refractivity contribution in [2.24, 2.45) is 0 Å². The number of hydrogen-bond donors (Lipinski definition) is 3. The lowest BCUT2D eigenvalue weighted by molar-refractivity contribution is -0.192. The van der Waals surface area contributed by atoms with Gasteiger partial charge in [0.1, 0.15) is 35.1 Å². The summed E-state index contributed by atoms with van der Waals surface area (Å²) in [4.78, 5) is 24.8. The molecule has 0 spiro atoms. The SMILES string of the molecule is CN1CCN(CC(O)Cn2cc3c(n2)CCc2c-3sc3ncnc(Nc4ccc(OCc5cccc(F)c5)c(Cl)c4)c23)CC1.O=C(O)C(F)(F)F. The number of aromatic nitrogens is 4. The molecular formula is C34H34ClF4N7O4S. The molecule has 1 saturated heterocycles. The number of thiophene rings is 1. The van der Waals surface area contributed by atoms with E-state index < -0.39 is 18.2 Å². The van der Waals surface area contributed by atoms with Gasteiger partial charge in [-0.3, -0.25) is 9.58 Å². The molecule has 1 fully saturated rings. The zero-order valence-corrected chi connectivity index (χ0v) is 28.9. The summed E-state index contributed by atoms with van der Waals surface area (Å²) in [7, 11) is 2.14. The number of aliphatic hydroxyl groups is 1. The van der Waals surface area contributed by atoms with E-state index in [1.54, 1.807) is 35.9 Å². The van der Waals surface area contributed by atoms with E-state index >= 15 is 0 Å². The number of aliphatic hydroxyl groups excluding tert-OH is 1. The molecule has 5 aromatic rings. The number of ether oxygens (including phenoxy) is 1. The molecule has 3 N–H and O–H groups in total. The Bertz CT molecular complexity index is 2020. The topological polar surface area (TPSA) is 129 Å². The van der Waals surface area contributed by atoms with Crippen LogP contribution in [0.5, 0.6) is 5.75 Å². The predicted molar refractivity (Wildman–Crippen MR) is 185 cm³/mol. The summed E-state index contributed by atoms with van der Waals surface area (Å²) in [6, 6.07) is 11.8. The van der Waals surface area contributed by atoms with Gasteiger partial charge in [0.05, 0.1) is 28.8 Å². The Balaban J connectivity index is 0.000000582. The number of nitrogens with zero attached hydrogens (tertiary/aromatic N) is 6. The highest BCUT2D eigenvalue weighted by molar-refractivity contribution is 7.22. The van der Waals surface area contributed by atoms with E-state index in [-0.39, 0.29) is 12.4 Å². The fraction of sp³-hybridized carbons (Fsp3) is 0.353. The van der Waals surface area contributed by atoms with Crippen LogP contribution >= 0.6 is 22.9 Å². The lowest BCUT2D eigenvalue weighted by atomic mass is 9.95. The van der Waals surface area contributed by atoms with Crippen LogP contribution in [-0.4, -0.2) is 97.8 Å². The van der Waals surface area contributed by atoms with Gasteiger partial charge in [0.25, 0.3) is 0 Å². The van der Waals surface area contributed by atoms with Crippen molar-refractivity contribution in [2.75, 3.05) is 45.1 Å². The second kappa shape index (κ2) is 15.5. The van der Waals surface area contributed by atoms with Gasteiger partial charge in [0, 0.05) is 55.0 Å². The molecular weight excluding hydrogens is 714 g/mol. The first-order valence-electron chi connectivity index (χ1n) is 16.0. The normalized spacial score (nSPS) is 15.4. The van der Waals surface area contributed by atoms with E-state index in [4.69, 9.17) is 31.3 Å². The third kappa shape index (κ3) is 8.94. The number of fused-ring (bicyclic) bond motifs is 5. The second-order valence-corrected chi connectivity index (χ2v) is 13.7. The number of carboxylic acids is 1. The van der Waals surface area contributed by atoms with E-state index in [0.29, 0.717) is 23.9 Å². The van der Waals surface area contributed by atoms with Crippen molar-refractivity contribution < 1.29 is 37.3 Å². The third-order valence-electron chi connectivity index (χ3n) is 8.46. The lowest BCUT2D eigenvalue weighted by Gasteiger charge is -2.33. The highest BCUT2D eigenvalue weighted by atomic mass is 35.5. The van der Waals surface area contributed by atoms with Crippen molar-refractivity contribution in [1.82, 2.24) is 29.5 Å². The van der Waals surface area contributed by atoms with Crippen LogP contribution in [0.25, 0.3) is 20.7 Å². The Morgan fingerprint density at radius 2 is 1.86 bits per heavy atom. The molecule has 0 amide bonds. The van der Waals surface area contributed by atoms with Gasteiger partial charge in [-0.15, -0.1) is 11.3 Å². The van der Waals surface area contributed by atoms with Crippen molar-refractivity contribution in [2.45, 2.75) is 38.3 Å². The molecule has 11 nitrogen and oxygen atoms in total. The quantitative estimate of drug-likeness (QED) is 0.154. The molecule has 1 unspecified atom stereocenters. The number of rotatable bonds is 9. The molecule has 17 heteroatoms. The monoisotopic (exact) mass is 747 g/mol. The summed E-state index contributed by atoms with van der Waals surface area (Å²) in [5.41, 5.74) is 4.86. The number of anilines is 2. The summed E-state index contributed by atoms with van der Waals surface area (Å²) < 4.78 is 53.0. The smallest absolute Gasteiger partial charge is 0.487 e. The minimum Gasteiger partial charge on any atom is -0.487 e. The van der Waals surface area contributed by atoms with Crippen LogP contribution in [0.15, 0.2) is 55.0 Å². The number of benzene rings is 2. The van der Waals surface area contributed by atoms with E-state index in [1.165, 1.54) is 17.7 Å². The first-order valence-corrected chi connectivity index (χ1v) is 17.2. The number of halogens is 5. The molecule has 1 atom stereocenters. The predicted octanol–water partition coefficient (Wildman–Crippen LogP) is 6.01. The lowest BCUT2D eigenvalue weighted by Crippen LogP contribution is -2.47. The maximum Gasteiger partial charge on any atom is 0.490 e. The summed E-state index contributed by atoms with van der Waals surface area (Å²) >= 11 is 8.21. The molecule has 7 rings (SSSR count). The third-order valence-corrected chi connectivity index (χ3v) is 9.93. The fourth-order valence-corrected chi connectivity index (χ4v) is 7.39. The highest BCUT2D eigenvalue weighted by Gasteiger charge is 2.38. The van der Waals surface area contributed by atoms with Gasteiger partial charge in [0.2, 0.25) is 0 Å². The Labute approximate surface area is 299 Å². The minimum absolute atomic E-state index is 0.214. The molecule has 0 bridgehead atoms. The van der Waals surface area contributed by atoms with E-state index in [1.807, 2.05) is 16.8 Å². The van der Waals surface area contributed by atoms with E-state index in [9.17, 15) is 22.7 Å². The van der Waals surface area contributed by atoms with Gasteiger partial charge in [-0.25, -0.2) is 19.2 Å². The van der Waals surface area contributed by atoms with Crippen LogP contribution in [0.2, 0.25) is 5.02 Å². The maximum absolute atomic E-state index is 13.5. The molecule has 51 heavy (non-hydrogen) atoms. The minimum atomic E-state index is -5.08. The number of aryl methyl sites for hydroxylation is 2. The van der Waals surface area contributed by atoms with Crippen LogP contribution in [0.3, 0.4) is 0 Å². The number of alkyl halides is 3. The van der Waals surface area contributed by atoms with Gasteiger partial charge in [-0.1, -0.05) is 23.7 Å². The molecule has 4 heterocycles. The first kappa shape index (κ1) is 36.4. The van der Waals surface area contributed by atoms with Gasteiger partial charge >= 0.3 is 12.1 Å². The van der Waals surface area contributed by atoms with Crippen LogP contribution < -0.4 is 10.1 Å². The molecule has 0 saturated carbocycles. The average molecular weight is 748 g/mol. The fourth-order valence-electron chi connectivity index (χ4n) is 5.94. The van der Waals surface area contributed by atoms with Crippen molar-refractivity contribution >= 4 is 50.6 Å². The van der Waals surface area contributed by atoms with E-state index in [0.717, 1.165) is 82.4 Å². The van der Waals surface area contributed by atoms with Crippen molar-refractivity contribution in [1.29, 1.82) is 0 Å². The standard InChI is InChI=1S/C32H33ClFN7O2S.C2HF3O2/c1-39-9-11-40(12-10-39)15-23(42)16-41-17-25-27(38-41)7-6-24-29-31(35-19-36-32(29)44-30(24)25)37-22-5-8-28(26(33)14-22)43-18-20-3-2-4-21(34)13-20;3-2(4,5)1(6)7/h2-5,8,13-14,17,19,23,42H,6-7,9-12,15-16,18H2,1H3,(H,35,36,37);(H,6,7). The van der Waals surface area contributed by atoms with Crippen LogP contribution in [0.1, 0.15) is 16.8 Å². The van der Waals surface area contributed by atoms with Crippen molar-refractivity contribution in [3.05, 3.63) is 82.6 Å². The van der Waals surface area contributed by atoms with Crippen LogP contribution in [0.4, 0.5) is 29.1 Å². The number of hydrogen-bond acceptors (Lipinski definition) is 10. The Morgan fingerprint density at radius 1 is 1.10 bits per heavy atom. The molecule has 0 radical (unpaired) electrons. The maximum atomic E-state index is 13.5. The molecule has 3 aromatic heterocycles. The van der Waals surface area contributed by atoms with Gasteiger partial charge in [0.15, 0.2) is 0 Å². The molecule has 270 valence electrons. The Kier molecular flexibility index (Phi) is 11.1. The largest absolute Gasteiger partial charge is 0.490 e. The summed E-state index contributed by atoms with van der Waals surface area (Å²) in [6.45, 7) is 5.35. The molecule has 1 aliphatic carbocycles. The number of nitrogens with one attached hydrogen (secondary N) is 1. The second-order valence-electron chi connectivity index (χ2n) is 12.3. The highest BCUT2D eigenvalue weighted by Crippen LogP contribution is 2.45. The van der Waals surface area contributed by atoms with Gasteiger partial charge in [-0.2, -0.15) is 18.3 Å². The first-order chi connectivity index (χ1) is 24.3. The number of carbonyl (C=O) groups is 1. The van der Waals surface area contributed by atoms with Crippen molar-refractivity contribution in [3.63, 3.8) is 0 Å².